The van der Waals surface area contributed by atoms with E-state index in [0.29, 0.717) is 6.04 Å². The van der Waals surface area contributed by atoms with Crippen molar-refractivity contribution in [1.82, 2.24) is 5.32 Å². The number of carbonyl (C=O) groups excluding carboxylic acids is 1. The van der Waals surface area contributed by atoms with Gasteiger partial charge in [-0.15, -0.1) is 0 Å². The summed E-state index contributed by atoms with van der Waals surface area (Å²) in [5.41, 5.74) is 0. The van der Waals surface area contributed by atoms with E-state index in [2.05, 4.69) is 12.2 Å². The summed E-state index contributed by atoms with van der Waals surface area (Å²) in [5, 5.41) is 2.95. The molecule has 0 unspecified atom stereocenters. The summed E-state index contributed by atoms with van der Waals surface area (Å²) < 4.78 is 5.08. The zero-order chi connectivity index (χ0) is 12.0. The van der Waals surface area contributed by atoms with Gasteiger partial charge in [-0.2, -0.15) is 0 Å². The maximum Gasteiger partial charge on any atom is 0.407 e. The molecule has 94 valence electrons. The number of ether oxygens (including phenoxy) is 1. The van der Waals surface area contributed by atoms with Gasteiger partial charge in [-0.25, -0.2) is 4.79 Å². The van der Waals surface area contributed by atoms with E-state index in [1.165, 1.54) is 25.7 Å². The van der Waals surface area contributed by atoms with Gasteiger partial charge in [-0.1, -0.05) is 19.8 Å². The maximum absolute atomic E-state index is 11.4. The molecule has 0 saturated heterocycles. The molecule has 0 radical (unpaired) electrons. The zero-order valence-corrected chi connectivity index (χ0v) is 10.8. The van der Waals surface area contributed by atoms with E-state index in [4.69, 9.17) is 4.74 Å². The van der Waals surface area contributed by atoms with Gasteiger partial charge in [0.05, 0.1) is 6.10 Å². The summed E-state index contributed by atoms with van der Waals surface area (Å²) in [7, 11) is 0. The minimum absolute atomic E-state index is 0.0311. The number of hydrogen-bond donors (Lipinski definition) is 1. The van der Waals surface area contributed by atoms with Gasteiger partial charge in [0.1, 0.15) is 0 Å². The number of amides is 1. The molecule has 0 bridgehead atoms. The highest BCUT2D eigenvalue weighted by Crippen LogP contribution is 2.27. The maximum atomic E-state index is 11.4. The predicted octanol–water partition coefficient (Wildman–Crippen LogP) is 3.48. The monoisotopic (exact) mass is 227 g/mol. The highest BCUT2D eigenvalue weighted by molar-refractivity contribution is 5.67. The number of rotatable bonds is 4. The molecule has 1 aliphatic rings. The van der Waals surface area contributed by atoms with Gasteiger partial charge in [-0.3, -0.25) is 0 Å². The molecule has 3 nitrogen and oxygen atoms in total. The summed E-state index contributed by atoms with van der Waals surface area (Å²) in [6.07, 6.45) is 7.04. The molecule has 1 aliphatic carbocycles. The largest absolute Gasteiger partial charge is 0.447 e. The molecule has 0 atom stereocenters. The van der Waals surface area contributed by atoms with Crippen LogP contribution in [-0.2, 0) is 4.74 Å². The Kier molecular flexibility index (Phi) is 5.64. The Labute approximate surface area is 98.9 Å². The smallest absolute Gasteiger partial charge is 0.407 e. The third kappa shape index (κ3) is 4.86. The molecule has 1 rings (SSSR count). The second-order valence-corrected chi connectivity index (χ2v) is 5.10. The molecule has 0 spiro atoms. The van der Waals surface area contributed by atoms with Crippen LogP contribution >= 0.6 is 0 Å². The lowest BCUT2D eigenvalue weighted by molar-refractivity contribution is 0.108. The topological polar surface area (TPSA) is 38.3 Å². The Balaban J connectivity index is 2.19. The second-order valence-electron chi connectivity index (χ2n) is 5.10. The average Bonchev–Trinajstić information content (AvgIpc) is 2.20. The van der Waals surface area contributed by atoms with Crippen LogP contribution in [0.4, 0.5) is 4.79 Å². The van der Waals surface area contributed by atoms with Crippen LogP contribution in [0, 0.1) is 5.92 Å². The summed E-state index contributed by atoms with van der Waals surface area (Å²) in [5.74, 6) is 0.879. The molecule has 1 saturated carbocycles. The number of nitrogens with one attached hydrogen (secondary N) is 1. The SMILES string of the molecule is CCCC1CCC(NC(=O)OC(C)C)CC1. The quantitative estimate of drug-likeness (QED) is 0.798. The lowest BCUT2D eigenvalue weighted by atomic mass is 9.83. The van der Waals surface area contributed by atoms with E-state index >= 15 is 0 Å². The van der Waals surface area contributed by atoms with Crippen molar-refractivity contribution in [3.63, 3.8) is 0 Å². The molecule has 0 aliphatic heterocycles. The number of hydrogen-bond acceptors (Lipinski definition) is 2. The van der Waals surface area contributed by atoms with Gasteiger partial charge in [0.15, 0.2) is 0 Å². The number of alkyl carbamates (subject to hydrolysis) is 1. The fourth-order valence-corrected chi connectivity index (χ4v) is 2.42. The lowest BCUT2D eigenvalue weighted by Gasteiger charge is -2.28. The summed E-state index contributed by atoms with van der Waals surface area (Å²) in [4.78, 5) is 11.4. The van der Waals surface area contributed by atoms with Crippen molar-refractivity contribution >= 4 is 6.09 Å². The van der Waals surface area contributed by atoms with Crippen LogP contribution in [0.5, 0.6) is 0 Å². The summed E-state index contributed by atoms with van der Waals surface area (Å²) >= 11 is 0. The molecule has 3 heteroatoms. The highest BCUT2D eigenvalue weighted by atomic mass is 16.6. The fraction of sp³-hybridized carbons (Fsp3) is 0.923. The Morgan fingerprint density at radius 2 is 1.94 bits per heavy atom. The van der Waals surface area contributed by atoms with Crippen molar-refractivity contribution in [3.8, 4) is 0 Å². The van der Waals surface area contributed by atoms with Crippen LogP contribution in [0.2, 0.25) is 0 Å². The molecule has 0 aromatic rings. The van der Waals surface area contributed by atoms with Crippen molar-refractivity contribution < 1.29 is 9.53 Å². The van der Waals surface area contributed by atoms with E-state index in [0.717, 1.165) is 18.8 Å². The highest BCUT2D eigenvalue weighted by Gasteiger charge is 2.22. The van der Waals surface area contributed by atoms with Gasteiger partial charge in [0.25, 0.3) is 0 Å². The molecule has 0 heterocycles. The van der Waals surface area contributed by atoms with Crippen molar-refractivity contribution in [2.24, 2.45) is 5.92 Å². The first-order valence-corrected chi connectivity index (χ1v) is 6.59. The van der Waals surface area contributed by atoms with Crippen LogP contribution in [-0.4, -0.2) is 18.2 Å². The van der Waals surface area contributed by atoms with Crippen LogP contribution in [0.1, 0.15) is 59.3 Å². The van der Waals surface area contributed by atoms with Gasteiger partial charge in [0, 0.05) is 6.04 Å². The standard InChI is InChI=1S/C13H25NO2/c1-4-5-11-6-8-12(9-7-11)14-13(15)16-10(2)3/h10-12H,4-9H2,1-3H3,(H,14,15). The van der Waals surface area contributed by atoms with Crippen molar-refractivity contribution in [1.29, 1.82) is 0 Å². The minimum Gasteiger partial charge on any atom is -0.447 e. The predicted molar refractivity (Wildman–Crippen MR) is 65.4 cm³/mol. The second kappa shape index (κ2) is 6.77. The minimum atomic E-state index is -0.256. The van der Waals surface area contributed by atoms with Crippen LogP contribution < -0.4 is 5.32 Å². The average molecular weight is 227 g/mol. The molecular weight excluding hydrogens is 202 g/mol. The molecule has 16 heavy (non-hydrogen) atoms. The first-order valence-electron chi connectivity index (χ1n) is 6.59. The summed E-state index contributed by atoms with van der Waals surface area (Å²) in [6, 6.07) is 0.333. The Morgan fingerprint density at radius 3 is 2.44 bits per heavy atom. The normalized spacial score (nSPS) is 25.5. The molecule has 0 aromatic carbocycles. The van der Waals surface area contributed by atoms with Crippen LogP contribution in [0.15, 0.2) is 0 Å². The lowest BCUT2D eigenvalue weighted by Crippen LogP contribution is -2.38. The molecule has 1 N–H and O–H groups in total. The van der Waals surface area contributed by atoms with Crippen molar-refractivity contribution in [3.05, 3.63) is 0 Å². The summed E-state index contributed by atoms with van der Waals surface area (Å²) in [6.45, 7) is 5.99. The zero-order valence-electron chi connectivity index (χ0n) is 10.8. The first-order chi connectivity index (χ1) is 7.61. The van der Waals surface area contributed by atoms with E-state index < -0.39 is 0 Å². The van der Waals surface area contributed by atoms with E-state index in [1.54, 1.807) is 0 Å². The fourth-order valence-electron chi connectivity index (χ4n) is 2.42. The first kappa shape index (κ1) is 13.3. The molecule has 0 aromatic heterocycles. The van der Waals surface area contributed by atoms with Gasteiger partial charge >= 0.3 is 6.09 Å². The molecule has 1 amide bonds. The third-order valence-corrected chi connectivity index (χ3v) is 3.21. The molecular formula is C13H25NO2. The third-order valence-electron chi connectivity index (χ3n) is 3.21. The van der Waals surface area contributed by atoms with E-state index in [-0.39, 0.29) is 12.2 Å². The number of carbonyl (C=O) groups is 1. The van der Waals surface area contributed by atoms with Gasteiger partial charge in [-0.05, 0) is 45.4 Å². The van der Waals surface area contributed by atoms with Crippen LogP contribution in [0.25, 0.3) is 0 Å². The van der Waals surface area contributed by atoms with Crippen LogP contribution in [0.3, 0.4) is 0 Å². The van der Waals surface area contributed by atoms with E-state index in [9.17, 15) is 4.79 Å². The van der Waals surface area contributed by atoms with Crippen molar-refractivity contribution in [2.45, 2.75) is 71.4 Å². The van der Waals surface area contributed by atoms with Gasteiger partial charge in [0.2, 0.25) is 0 Å². The van der Waals surface area contributed by atoms with Crippen molar-refractivity contribution in [2.75, 3.05) is 0 Å². The van der Waals surface area contributed by atoms with Gasteiger partial charge < -0.3 is 10.1 Å². The Morgan fingerprint density at radius 1 is 1.31 bits per heavy atom. The molecule has 1 fully saturated rings. The Hall–Kier alpha value is -0.730. The van der Waals surface area contributed by atoms with E-state index in [1.807, 2.05) is 13.8 Å². The Bertz CT molecular complexity index is 208.